The Morgan fingerprint density at radius 2 is 0.911 bits per heavy atom. The van der Waals surface area contributed by atoms with Crippen LogP contribution in [0.2, 0.25) is 0 Å². The Balaban J connectivity index is 1.13. The van der Waals surface area contributed by atoms with Crippen LogP contribution in [0.1, 0.15) is 25.0 Å². The minimum atomic E-state index is -0.150. The summed E-state index contributed by atoms with van der Waals surface area (Å²) in [5.74, 6) is 0. The summed E-state index contributed by atoms with van der Waals surface area (Å²) in [6.45, 7) is 4.86. The zero-order valence-corrected chi connectivity index (χ0v) is 32.0. The van der Waals surface area contributed by atoms with Crippen molar-refractivity contribution in [3.8, 4) is 44.5 Å². The van der Waals surface area contributed by atoms with E-state index in [4.69, 9.17) is 0 Å². The highest BCUT2D eigenvalue weighted by molar-refractivity contribution is 7.26. The molecule has 262 valence electrons. The van der Waals surface area contributed by atoms with Crippen LogP contribution in [0.5, 0.6) is 0 Å². The van der Waals surface area contributed by atoms with Crippen LogP contribution in [0.3, 0.4) is 0 Å². The SMILES string of the molecule is CC1(C)c2ccccc2-c2c(-c3cccc(-c4c5ccccc5c(-c5ccc6ccccc6c5)c5ccccc45)c3)cc3sc4cc5ccccc5cc4c3c21. The van der Waals surface area contributed by atoms with E-state index >= 15 is 0 Å². The summed E-state index contributed by atoms with van der Waals surface area (Å²) in [7, 11) is 0. The Hall–Kier alpha value is -6.54. The van der Waals surface area contributed by atoms with Crippen LogP contribution in [0.4, 0.5) is 0 Å². The highest BCUT2D eigenvalue weighted by atomic mass is 32.1. The van der Waals surface area contributed by atoms with Crippen molar-refractivity contribution in [1.82, 2.24) is 0 Å². The Labute approximate surface area is 329 Å². The average Bonchev–Trinajstić information content (AvgIpc) is 3.71. The van der Waals surface area contributed by atoms with E-state index in [9.17, 15) is 0 Å². The molecule has 0 bridgehead atoms. The van der Waals surface area contributed by atoms with Gasteiger partial charge < -0.3 is 0 Å². The molecule has 56 heavy (non-hydrogen) atoms. The Morgan fingerprint density at radius 1 is 0.357 bits per heavy atom. The summed E-state index contributed by atoms with van der Waals surface area (Å²) < 4.78 is 2.70. The molecule has 10 aromatic carbocycles. The van der Waals surface area contributed by atoms with E-state index in [1.807, 2.05) is 11.3 Å². The molecule has 0 saturated carbocycles. The van der Waals surface area contributed by atoms with Gasteiger partial charge in [-0.05, 0) is 129 Å². The van der Waals surface area contributed by atoms with Gasteiger partial charge in [0.15, 0.2) is 0 Å². The number of fused-ring (bicyclic) bond motifs is 11. The van der Waals surface area contributed by atoms with Gasteiger partial charge in [0.25, 0.3) is 0 Å². The van der Waals surface area contributed by atoms with Gasteiger partial charge in [0.2, 0.25) is 0 Å². The van der Waals surface area contributed by atoms with E-state index in [2.05, 4.69) is 196 Å². The quantitative estimate of drug-likeness (QED) is 0.159. The molecule has 0 atom stereocenters. The first-order chi connectivity index (χ1) is 27.5. The van der Waals surface area contributed by atoms with Gasteiger partial charge >= 0.3 is 0 Å². The van der Waals surface area contributed by atoms with Crippen LogP contribution < -0.4 is 0 Å². The molecular weight excluding hydrogens is 693 g/mol. The Bertz CT molecular complexity index is 3390. The van der Waals surface area contributed by atoms with Crippen molar-refractivity contribution in [3.05, 3.63) is 193 Å². The molecule has 11 aromatic rings. The molecule has 1 aliphatic rings. The molecule has 0 spiro atoms. The van der Waals surface area contributed by atoms with E-state index in [1.54, 1.807) is 0 Å². The van der Waals surface area contributed by atoms with Gasteiger partial charge in [0.05, 0.1) is 0 Å². The van der Waals surface area contributed by atoms with E-state index < -0.39 is 0 Å². The van der Waals surface area contributed by atoms with Crippen LogP contribution in [-0.2, 0) is 5.41 Å². The van der Waals surface area contributed by atoms with Crippen LogP contribution in [0, 0.1) is 0 Å². The van der Waals surface area contributed by atoms with Gasteiger partial charge in [-0.2, -0.15) is 0 Å². The van der Waals surface area contributed by atoms with Crippen molar-refractivity contribution in [2.24, 2.45) is 0 Å². The average molecular weight is 729 g/mol. The molecule has 1 heteroatoms. The maximum absolute atomic E-state index is 2.50. The number of rotatable bonds is 3. The summed E-state index contributed by atoms with van der Waals surface area (Å²) in [5, 5.41) is 13.0. The molecule has 0 nitrogen and oxygen atoms in total. The maximum Gasteiger partial charge on any atom is 0.0365 e. The van der Waals surface area contributed by atoms with Crippen LogP contribution in [-0.4, -0.2) is 0 Å². The summed E-state index contributed by atoms with van der Waals surface area (Å²) >= 11 is 1.94. The van der Waals surface area contributed by atoms with Crippen molar-refractivity contribution in [2.75, 3.05) is 0 Å². The summed E-state index contributed by atoms with van der Waals surface area (Å²) in [6.07, 6.45) is 0. The van der Waals surface area contributed by atoms with E-state index in [-0.39, 0.29) is 5.41 Å². The van der Waals surface area contributed by atoms with E-state index in [0.29, 0.717) is 0 Å². The fourth-order valence-electron chi connectivity index (χ4n) is 10.1. The molecule has 1 heterocycles. The van der Waals surface area contributed by atoms with Crippen molar-refractivity contribution >= 4 is 74.6 Å². The maximum atomic E-state index is 2.50. The molecule has 0 fully saturated rings. The summed E-state index contributed by atoms with van der Waals surface area (Å²) in [4.78, 5) is 0. The van der Waals surface area contributed by atoms with Crippen molar-refractivity contribution in [3.63, 3.8) is 0 Å². The second kappa shape index (κ2) is 11.7. The van der Waals surface area contributed by atoms with Crippen LogP contribution in [0.25, 0.3) is 108 Å². The zero-order valence-electron chi connectivity index (χ0n) is 31.2. The smallest absolute Gasteiger partial charge is 0.0365 e. The minimum absolute atomic E-state index is 0.150. The number of hydrogen-bond acceptors (Lipinski definition) is 1. The van der Waals surface area contributed by atoms with E-state index in [0.717, 1.165) is 0 Å². The lowest BCUT2D eigenvalue weighted by molar-refractivity contribution is 0.667. The predicted octanol–water partition coefficient (Wildman–Crippen LogP) is 16.0. The third-order valence-electron chi connectivity index (χ3n) is 12.6. The van der Waals surface area contributed by atoms with Gasteiger partial charge in [-0.15, -0.1) is 11.3 Å². The van der Waals surface area contributed by atoms with Crippen molar-refractivity contribution in [2.45, 2.75) is 19.3 Å². The van der Waals surface area contributed by atoms with Gasteiger partial charge in [0.1, 0.15) is 0 Å². The number of benzene rings is 10. The molecular formula is C55H36S. The van der Waals surface area contributed by atoms with Crippen LogP contribution >= 0.6 is 11.3 Å². The fraction of sp³-hybridized carbons (Fsp3) is 0.0545. The largest absolute Gasteiger partial charge is 0.135 e. The normalized spacial score (nSPS) is 13.3. The molecule has 0 aliphatic heterocycles. The third-order valence-corrected chi connectivity index (χ3v) is 13.7. The topological polar surface area (TPSA) is 0 Å². The van der Waals surface area contributed by atoms with Gasteiger partial charge in [-0.1, -0.05) is 166 Å². The van der Waals surface area contributed by atoms with Crippen molar-refractivity contribution in [1.29, 1.82) is 0 Å². The van der Waals surface area contributed by atoms with E-state index in [1.165, 1.54) is 119 Å². The molecule has 0 radical (unpaired) electrons. The lowest BCUT2D eigenvalue weighted by Crippen LogP contribution is -2.15. The van der Waals surface area contributed by atoms with Crippen molar-refractivity contribution < 1.29 is 0 Å². The standard InChI is InChI=1S/C55H36S/c1-55(2)47-25-12-11-24-44(47)52-45(32-49-53(54(52)55)46-30-35-16-5-6-17-36(35)31-48(46)56-49)37-18-13-19-38(29-37)50-40-20-7-9-22-42(40)51(43-23-10-8-21-41(43)50)39-27-26-33-14-3-4-15-34(33)28-39/h3-32H,1-2H3. The highest BCUT2D eigenvalue weighted by Crippen LogP contribution is 2.57. The second-order valence-corrected chi connectivity index (χ2v) is 17.1. The summed E-state index contributed by atoms with van der Waals surface area (Å²) in [5.41, 5.74) is 13.1. The Morgan fingerprint density at radius 3 is 1.61 bits per heavy atom. The Kier molecular flexibility index (Phi) is 6.66. The molecule has 1 aliphatic carbocycles. The van der Waals surface area contributed by atoms with Gasteiger partial charge in [-0.25, -0.2) is 0 Å². The lowest BCUT2D eigenvalue weighted by atomic mass is 9.79. The molecule has 12 rings (SSSR count). The molecule has 0 unspecified atom stereocenters. The minimum Gasteiger partial charge on any atom is -0.135 e. The molecule has 0 saturated heterocycles. The van der Waals surface area contributed by atoms with Gasteiger partial charge in [0, 0.05) is 25.6 Å². The monoisotopic (exact) mass is 728 g/mol. The molecule has 1 aromatic heterocycles. The zero-order chi connectivity index (χ0) is 37.1. The van der Waals surface area contributed by atoms with Crippen LogP contribution in [0.15, 0.2) is 182 Å². The molecule has 0 amide bonds. The number of thiophene rings is 1. The predicted molar refractivity (Wildman–Crippen MR) is 243 cm³/mol. The highest BCUT2D eigenvalue weighted by Gasteiger charge is 2.39. The third kappa shape index (κ3) is 4.47. The fourth-order valence-corrected chi connectivity index (χ4v) is 11.3. The first-order valence-electron chi connectivity index (χ1n) is 19.6. The summed E-state index contributed by atoms with van der Waals surface area (Å²) in [6, 6.07) is 68.2. The van der Waals surface area contributed by atoms with Gasteiger partial charge in [-0.3, -0.25) is 0 Å². The first kappa shape index (κ1) is 31.8. The number of hydrogen-bond donors (Lipinski definition) is 0. The molecule has 0 N–H and O–H groups in total. The first-order valence-corrected chi connectivity index (χ1v) is 20.4. The second-order valence-electron chi connectivity index (χ2n) is 16.0. The lowest BCUT2D eigenvalue weighted by Gasteiger charge is -2.23.